The molecule has 2 aromatic carbocycles. The molecule has 1 fully saturated rings. The van der Waals surface area contributed by atoms with Crippen LogP contribution in [0.4, 0.5) is 11.4 Å². The maximum absolute atomic E-state index is 13.0. The van der Waals surface area contributed by atoms with Crippen LogP contribution < -0.4 is 10.6 Å². The predicted octanol–water partition coefficient (Wildman–Crippen LogP) is 4.53. The Labute approximate surface area is 173 Å². The predicted molar refractivity (Wildman–Crippen MR) is 119 cm³/mol. The third kappa shape index (κ3) is 4.00. The van der Waals surface area contributed by atoms with Gasteiger partial charge in [-0.25, -0.2) is 0 Å². The maximum Gasteiger partial charge on any atom is 0.228 e. The summed E-state index contributed by atoms with van der Waals surface area (Å²) in [6.45, 7) is 8.00. The number of rotatable bonds is 2. The number of benzene rings is 2. The highest BCUT2D eigenvalue weighted by Crippen LogP contribution is 2.37. The third-order valence-electron chi connectivity index (χ3n) is 5.69. The van der Waals surface area contributed by atoms with Gasteiger partial charge in [-0.15, -0.1) is 0 Å². The summed E-state index contributed by atoms with van der Waals surface area (Å²) >= 11 is 0. The van der Waals surface area contributed by atoms with Gasteiger partial charge in [-0.2, -0.15) is 0 Å². The van der Waals surface area contributed by atoms with Crippen molar-refractivity contribution < 1.29 is 4.79 Å². The smallest absolute Gasteiger partial charge is 0.228 e. The van der Waals surface area contributed by atoms with Crippen LogP contribution in [0.3, 0.4) is 0 Å². The monoisotopic (exact) mass is 390 g/mol. The number of amides is 1. The van der Waals surface area contributed by atoms with Crippen molar-refractivity contribution >= 4 is 23.1 Å². The fourth-order valence-electron chi connectivity index (χ4n) is 4.21. The van der Waals surface area contributed by atoms with Crippen molar-refractivity contribution in [2.75, 3.05) is 23.7 Å². The van der Waals surface area contributed by atoms with Crippen molar-refractivity contribution in [1.82, 2.24) is 4.90 Å². The van der Waals surface area contributed by atoms with Crippen molar-refractivity contribution in [3.8, 4) is 0 Å². The Bertz CT molecular complexity index is 916. The summed E-state index contributed by atoms with van der Waals surface area (Å²) in [5.41, 5.74) is 2.50. The quantitative estimate of drug-likeness (QED) is 0.792. The van der Waals surface area contributed by atoms with Crippen LogP contribution in [0, 0.1) is 5.41 Å². The molecular weight excluding hydrogens is 360 g/mol. The largest absolute Gasteiger partial charge is 0.370 e. The lowest BCUT2D eigenvalue weighted by atomic mass is 9.83. The number of nitrogens with zero attached hydrogens (tertiary/aromatic N) is 2. The van der Waals surface area contributed by atoms with E-state index in [0.717, 1.165) is 36.6 Å². The van der Waals surface area contributed by atoms with Gasteiger partial charge in [0, 0.05) is 12.0 Å². The van der Waals surface area contributed by atoms with E-state index in [9.17, 15) is 4.79 Å². The summed E-state index contributed by atoms with van der Waals surface area (Å²) in [5, 5.41) is 7.32. The van der Waals surface area contributed by atoms with Gasteiger partial charge >= 0.3 is 0 Å². The Hall–Kier alpha value is -2.82. The molecule has 0 saturated carbocycles. The van der Waals surface area contributed by atoms with Gasteiger partial charge in [0.2, 0.25) is 5.91 Å². The number of fused-ring (bicyclic) bond motifs is 1. The second-order valence-corrected chi connectivity index (χ2v) is 9.11. The molecule has 0 bridgehead atoms. The average molecular weight is 391 g/mol. The molecule has 1 unspecified atom stereocenters. The van der Waals surface area contributed by atoms with Crippen LogP contribution in [-0.4, -0.2) is 35.3 Å². The van der Waals surface area contributed by atoms with E-state index in [4.69, 9.17) is 4.99 Å². The SMILES string of the molecule is CC(C)(C)C(=O)N1CCCC2(C1)Nc1ccccc1NC2=NCc1ccccc1. The summed E-state index contributed by atoms with van der Waals surface area (Å²) in [7, 11) is 0. The van der Waals surface area contributed by atoms with Crippen LogP contribution in [0.15, 0.2) is 59.6 Å². The minimum atomic E-state index is -0.389. The van der Waals surface area contributed by atoms with Crippen molar-refractivity contribution in [2.24, 2.45) is 10.4 Å². The van der Waals surface area contributed by atoms with E-state index >= 15 is 0 Å². The molecule has 1 amide bonds. The third-order valence-corrected chi connectivity index (χ3v) is 5.69. The molecule has 5 heteroatoms. The molecule has 1 saturated heterocycles. The van der Waals surface area contributed by atoms with Gasteiger partial charge in [0.25, 0.3) is 0 Å². The molecule has 2 aromatic rings. The van der Waals surface area contributed by atoms with Gasteiger partial charge < -0.3 is 15.5 Å². The number of likely N-dealkylation sites (tertiary alicyclic amines) is 1. The Balaban J connectivity index is 1.68. The molecule has 29 heavy (non-hydrogen) atoms. The summed E-state index contributed by atoms with van der Waals surface area (Å²) in [4.78, 5) is 20.0. The Morgan fingerprint density at radius 1 is 1.07 bits per heavy atom. The number of hydrogen-bond donors (Lipinski definition) is 2. The first-order chi connectivity index (χ1) is 13.9. The summed E-state index contributed by atoms with van der Waals surface area (Å²) in [6, 6.07) is 18.5. The zero-order valence-electron chi connectivity index (χ0n) is 17.5. The second-order valence-electron chi connectivity index (χ2n) is 9.11. The molecule has 5 nitrogen and oxygen atoms in total. The number of carbonyl (C=O) groups excluding carboxylic acids is 1. The van der Waals surface area contributed by atoms with Crippen molar-refractivity contribution in [1.29, 1.82) is 0 Å². The lowest BCUT2D eigenvalue weighted by molar-refractivity contribution is -0.140. The first-order valence-electron chi connectivity index (χ1n) is 10.4. The number of carbonyl (C=O) groups is 1. The molecule has 2 N–H and O–H groups in total. The molecule has 2 aliphatic heterocycles. The molecule has 0 aliphatic carbocycles. The minimum absolute atomic E-state index is 0.194. The molecule has 1 atom stereocenters. The van der Waals surface area contributed by atoms with E-state index in [1.165, 1.54) is 5.56 Å². The summed E-state index contributed by atoms with van der Waals surface area (Å²) in [6.07, 6.45) is 1.89. The van der Waals surface area contributed by atoms with Crippen LogP contribution in [-0.2, 0) is 11.3 Å². The van der Waals surface area contributed by atoms with Crippen molar-refractivity contribution in [3.05, 3.63) is 60.2 Å². The van der Waals surface area contributed by atoms with Gasteiger partial charge in [0.1, 0.15) is 11.4 Å². The first-order valence-corrected chi connectivity index (χ1v) is 10.4. The number of para-hydroxylation sites is 2. The van der Waals surface area contributed by atoms with Crippen molar-refractivity contribution in [2.45, 2.75) is 45.7 Å². The van der Waals surface area contributed by atoms with Crippen LogP contribution >= 0.6 is 0 Å². The van der Waals surface area contributed by atoms with E-state index in [2.05, 4.69) is 34.9 Å². The van der Waals surface area contributed by atoms with E-state index < -0.39 is 0 Å². The average Bonchev–Trinajstić information content (AvgIpc) is 2.72. The lowest BCUT2D eigenvalue weighted by Crippen LogP contribution is -2.63. The number of amidine groups is 1. The molecular formula is C24H30N4O. The van der Waals surface area contributed by atoms with Crippen LogP contribution in [0.25, 0.3) is 0 Å². The number of hydrogen-bond acceptors (Lipinski definition) is 3. The molecule has 0 aromatic heterocycles. The van der Waals surface area contributed by atoms with E-state index in [0.29, 0.717) is 13.1 Å². The van der Waals surface area contributed by atoms with Gasteiger partial charge in [-0.3, -0.25) is 9.79 Å². The second kappa shape index (κ2) is 7.54. The minimum Gasteiger partial charge on any atom is -0.370 e. The normalized spacial score (nSPS) is 22.7. The van der Waals surface area contributed by atoms with Crippen LogP contribution in [0.1, 0.15) is 39.2 Å². The number of aliphatic imine (C=N–C) groups is 1. The van der Waals surface area contributed by atoms with Crippen LogP contribution in [0.5, 0.6) is 0 Å². The summed E-state index contributed by atoms with van der Waals surface area (Å²) < 4.78 is 0. The van der Waals surface area contributed by atoms with Crippen molar-refractivity contribution in [3.63, 3.8) is 0 Å². The van der Waals surface area contributed by atoms with Gasteiger partial charge in [-0.1, -0.05) is 63.2 Å². The van der Waals surface area contributed by atoms with Gasteiger partial charge in [0.05, 0.1) is 24.5 Å². The highest BCUT2D eigenvalue weighted by atomic mass is 16.2. The van der Waals surface area contributed by atoms with Gasteiger partial charge in [-0.05, 0) is 30.5 Å². The molecule has 4 rings (SSSR count). The zero-order valence-corrected chi connectivity index (χ0v) is 17.5. The Morgan fingerprint density at radius 2 is 1.76 bits per heavy atom. The van der Waals surface area contributed by atoms with E-state index in [1.807, 2.05) is 56.0 Å². The number of nitrogens with one attached hydrogen (secondary N) is 2. The molecule has 1 spiro atoms. The highest BCUT2D eigenvalue weighted by Gasteiger charge is 2.45. The molecule has 2 aliphatic rings. The molecule has 152 valence electrons. The Morgan fingerprint density at radius 3 is 2.48 bits per heavy atom. The summed E-state index contributed by atoms with van der Waals surface area (Å²) in [5.74, 6) is 1.12. The molecule has 2 heterocycles. The number of anilines is 2. The van der Waals surface area contributed by atoms with Crippen LogP contribution in [0.2, 0.25) is 0 Å². The standard InChI is InChI=1S/C24H30N4O/c1-23(2,3)22(29)28-15-9-14-24(17-28)21(25-16-18-10-5-4-6-11-18)26-19-12-7-8-13-20(19)27-24/h4-8,10-13,27H,9,14-17H2,1-3H3,(H,25,26). The fourth-order valence-corrected chi connectivity index (χ4v) is 4.21. The zero-order chi connectivity index (χ0) is 20.5. The maximum atomic E-state index is 13.0. The highest BCUT2D eigenvalue weighted by molar-refractivity contribution is 6.10. The first kappa shape index (κ1) is 19.5. The topological polar surface area (TPSA) is 56.7 Å². The fraction of sp³-hybridized carbons (Fsp3) is 0.417. The van der Waals surface area contributed by atoms with E-state index in [-0.39, 0.29) is 16.9 Å². The lowest BCUT2D eigenvalue weighted by Gasteiger charge is -2.48. The molecule has 0 radical (unpaired) electrons. The number of piperidine rings is 1. The van der Waals surface area contributed by atoms with E-state index in [1.54, 1.807) is 0 Å². The van der Waals surface area contributed by atoms with Gasteiger partial charge in [0.15, 0.2) is 0 Å². The Kier molecular flexibility index (Phi) is 5.07.